The smallest absolute Gasteiger partial charge is 0.124 e. The van der Waals surface area contributed by atoms with Gasteiger partial charge in [-0.3, -0.25) is 0 Å². The highest BCUT2D eigenvalue weighted by Gasteiger charge is 2.01. The van der Waals surface area contributed by atoms with Gasteiger partial charge >= 0.3 is 0 Å². The molecule has 2 rings (SSSR count). The molecule has 0 amide bonds. The van der Waals surface area contributed by atoms with Gasteiger partial charge < -0.3 is 10.5 Å². The van der Waals surface area contributed by atoms with E-state index in [2.05, 4.69) is 0 Å². The Kier molecular flexibility index (Phi) is 3.55. The fraction of sp³-hybridized carbons (Fsp3) is 0.143. The van der Waals surface area contributed by atoms with Crippen molar-refractivity contribution in [1.29, 1.82) is 0 Å². The van der Waals surface area contributed by atoms with Crippen molar-refractivity contribution in [3.8, 4) is 5.75 Å². The number of nitrogens with two attached hydrogens (primary N) is 1. The van der Waals surface area contributed by atoms with E-state index in [4.69, 9.17) is 22.1 Å². The van der Waals surface area contributed by atoms with Crippen molar-refractivity contribution >= 4 is 17.3 Å². The SMILES string of the molecule is Cc1ccc(Cl)cc1OCc1cccc(N)c1. The Morgan fingerprint density at radius 2 is 2.00 bits per heavy atom. The maximum Gasteiger partial charge on any atom is 0.124 e. The Hall–Kier alpha value is -1.67. The quantitative estimate of drug-likeness (QED) is 0.837. The first kappa shape index (κ1) is 11.8. The number of benzene rings is 2. The first-order chi connectivity index (χ1) is 8.15. The monoisotopic (exact) mass is 247 g/mol. The van der Waals surface area contributed by atoms with Crippen LogP contribution in [0.25, 0.3) is 0 Å². The van der Waals surface area contributed by atoms with Crippen LogP contribution in [0.5, 0.6) is 5.75 Å². The minimum absolute atomic E-state index is 0.492. The molecule has 17 heavy (non-hydrogen) atoms. The van der Waals surface area contributed by atoms with E-state index in [0.717, 1.165) is 22.6 Å². The van der Waals surface area contributed by atoms with Crippen LogP contribution in [0.3, 0.4) is 0 Å². The molecule has 0 saturated heterocycles. The molecule has 2 aromatic carbocycles. The molecule has 2 aromatic rings. The Morgan fingerprint density at radius 3 is 2.76 bits per heavy atom. The lowest BCUT2D eigenvalue weighted by molar-refractivity contribution is 0.304. The van der Waals surface area contributed by atoms with Crippen LogP contribution in [0.2, 0.25) is 5.02 Å². The second-order valence-electron chi connectivity index (χ2n) is 3.94. The average molecular weight is 248 g/mol. The summed E-state index contributed by atoms with van der Waals surface area (Å²) in [4.78, 5) is 0. The lowest BCUT2D eigenvalue weighted by Gasteiger charge is -2.09. The third kappa shape index (κ3) is 3.14. The van der Waals surface area contributed by atoms with Gasteiger partial charge in [0.25, 0.3) is 0 Å². The lowest BCUT2D eigenvalue weighted by Crippen LogP contribution is -1.97. The first-order valence-corrected chi connectivity index (χ1v) is 5.76. The number of hydrogen-bond acceptors (Lipinski definition) is 2. The Bertz CT molecular complexity index is 525. The highest BCUT2D eigenvalue weighted by Crippen LogP contribution is 2.23. The molecule has 3 heteroatoms. The van der Waals surface area contributed by atoms with Gasteiger partial charge in [-0.15, -0.1) is 0 Å². The Balaban J connectivity index is 2.09. The molecule has 88 valence electrons. The third-order valence-corrected chi connectivity index (χ3v) is 2.73. The summed E-state index contributed by atoms with van der Waals surface area (Å²) in [6.07, 6.45) is 0. The predicted molar refractivity (Wildman–Crippen MR) is 71.4 cm³/mol. The number of rotatable bonds is 3. The van der Waals surface area contributed by atoms with Crippen molar-refractivity contribution in [3.63, 3.8) is 0 Å². The molecule has 0 radical (unpaired) electrons. The van der Waals surface area contributed by atoms with E-state index in [9.17, 15) is 0 Å². The molecule has 0 atom stereocenters. The van der Waals surface area contributed by atoms with E-state index < -0.39 is 0 Å². The molecular weight excluding hydrogens is 234 g/mol. The van der Waals surface area contributed by atoms with Gasteiger partial charge in [0.1, 0.15) is 12.4 Å². The Labute approximate surface area is 106 Å². The van der Waals surface area contributed by atoms with E-state index >= 15 is 0 Å². The minimum Gasteiger partial charge on any atom is -0.489 e. The molecule has 0 aliphatic carbocycles. The maximum absolute atomic E-state index is 5.92. The molecule has 0 bridgehead atoms. The molecule has 0 saturated carbocycles. The standard InChI is InChI=1S/C14H14ClNO/c1-10-5-6-12(15)8-14(10)17-9-11-3-2-4-13(16)7-11/h2-8H,9,16H2,1H3. The number of halogens is 1. The van der Waals surface area contributed by atoms with Gasteiger partial charge in [0, 0.05) is 10.7 Å². The highest BCUT2D eigenvalue weighted by molar-refractivity contribution is 6.30. The summed E-state index contributed by atoms with van der Waals surface area (Å²) in [5.74, 6) is 0.805. The molecule has 2 nitrogen and oxygen atoms in total. The molecule has 0 heterocycles. The minimum atomic E-state index is 0.492. The van der Waals surface area contributed by atoms with Crippen molar-refractivity contribution in [1.82, 2.24) is 0 Å². The number of ether oxygens (including phenoxy) is 1. The largest absolute Gasteiger partial charge is 0.489 e. The van der Waals surface area contributed by atoms with Gasteiger partial charge in [-0.05, 0) is 42.3 Å². The number of anilines is 1. The lowest BCUT2D eigenvalue weighted by atomic mass is 10.2. The van der Waals surface area contributed by atoms with E-state index in [-0.39, 0.29) is 0 Å². The van der Waals surface area contributed by atoms with Gasteiger partial charge in [0.2, 0.25) is 0 Å². The molecule has 0 aliphatic rings. The van der Waals surface area contributed by atoms with Crippen LogP contribution < -0.4 is 10.5 Å². The third-order valence-electron chi connectivity index (χ3n) is 2.50. The van der Waals surface area contributed by atoms with Crippen LogP contribution in [0.1, 0.15) is 11.1 Å². The zero-order chi connectivity index (χ0) is 12.3. The fourth-order valence-corrected chi connectivity index (χ4v) is 1.74. The maximum atomic E-state index is 5.92. The van der Waals surface area contributed by atoms with Crippen molar-refractivity contribution in [2.45, 2.75) is 13.5 Å². The Morgan fingerprint density at radius 1 is 1.18 bits per heavy atom. The normalized spacial score (nSPS) is 10.2. The van der Waals surface area contributed by atoms with Gasteiger partial charge in [-0.1, -0.05) is 29.8 Å². The molecule has 0 aliphatic heterocycles. The van der Waals surface area contributed by atoms with Crippen molar-refractivity contribution < 1.29 is 4.74 Å². The summed E-state index contributed by atoms with van der Waals surface area (Å²) in [7, 11) is 0. The van der Waals surface area contributed by atoms with Crippen LogP contribution >= 0.6 is 11.6 Å². The van der Waals surface area contributed by atoms with Crippen LogP contribution in [-0.4, -0.2) is 0 Å². The number of hydrogen-bond donors (Lipinski definition) is 1. The van der Waals surface area contributed by atoms with Gasteiger partial charge in [0.05, 0.1) is 0 Å². The second kappa shape index (κ2) is 5.11. The van der Waals surface area contributed by atoms with Crippen LogP contribution in [0.15, 0.2) is 42.5 Å². The topological polar surface area (TPSA) is 35.2 Å². The summed E-state index contributed by atoms with van der Waals surface area (Å²) in [6.45, 7) is 2.48. The average Bonchev–Trinajstić information content (AvgIpc) is 2.30. The molecule has 0 unspecified atom stereocenters. The molecule has 0 fully saturated rings. The summed E-state index contributed by atoms with van der Waals surface area (Å²) < 4.78 is 5.72. The first-order valence-electron chi connectivity index (χ1n) is 5.38. The summed E-state index contributed by atoms with van der Waals surface area (Å²) in [5.41, 5.74) is 8.56. The fourth-order valence-electron chi connectivity index (χ4n) is 1.57. The zero-order valence-electron chi connectivity index (χ0n) is 9.61. The van der Waals surface area contributed by atoms with Crippen LogP contribution in [0.4, 0.5) is 5.69 Å². The summed E-state index contributed by atoms with van der Waals surface area (Å²) in [5, 5.41) is 0.679. The molecule has 2 N–H and O–H groups in total. The van der Waals surface area contributed by atoms with Crippen LogP contribution in [-0.2, 0) is 6.61 Å². The van der Waals surface area contributed by atoms with E-state index in [1.54, 1.807) is 0 Å². The second-order valence-corrected chi connectivity index (χ2v) is 4.38. The zero-order valence-corrected chi connectivity index (χ0v) is 10.4. The van der Waals surface area contributed by atoms with Gasteiger partial charge in [0.15, 0.2) is 0 Å². The summed E-state index contributed by atoms with van der Waals surface area (Å²) in [6, 6.07) is 13.3. The van der Waals surface area contributed by atoms with Gasteiger partial charge in [-0.25, -0.2) is 0 Å². The van der Waals surface area contributed by atoms with E-state index in [1.807, 2.05) is 49.4 Å². The van der Waals surface area contributed by atoms with E-state index in [1.165, 1.54) is 0 Å². The molecule has 0 aromatic heterocycles. The highest BCUT2D eigenvalue weighted by atomic mass is 35.5. The number of nitrogen functional groups attached to an aromatic ring is 1. The van der Waals surface area contributed by atoms with Gasteiger partial charge in [-0.2, -0.15) is 0 Å². The number of aryl methyl sites for hydroxylation is 1. The van der Waals surface area contributed by atoms with Crippen molar-refractivity contribution in [2.75, 3.05) is 5.73 Å². The van der Waals surface area contributed by atoms with E-state index in [0.29, 0.717) is 11.6 Å². The van der Waals surface area contributed by atoms with Crippen molar-refractivity contribution in [2.24, 2.45) is 0 Å². The molecule has 0 spiro atoms. The molecular formula is C14H14ClNO. The van der Waals surface area contributed by atoms with Crippen molar-refractivity contribution in [3.05, 3.63) is 58.6 Å². The predicted octanol–water partition coefficient (Wildman–Crippen LogP) is 3.81. The van der Waals surface area contributed by atoms with Crippen LogP contribution in [0, 0.1) is 6.92 Å². The summed E-state index contributed by atoms with van der Waals surface area (Å²) >= 11 is 5.92.